The van der Waals surface area contributed by atoms with Crippen molar-refractivity contribution in [3.8, 4) is 5.75 Å². The fourth-order valence-corrected chi connectivity index (χ4v) is 3.05. The summed E-state index contributed by atoms with van der Waals surface area (Å²) < 4.78 is 5.08. The van der Waals surface area contributed by atoms with E-state index in [1.165, 1.54) is 0 Å². The van der Waals surface area contributed by atoms with Crippen molar-refractivity contribution in [2.75, 3.05) is 25.5 Å². The minimum absolute atomic E-state index is 0.132. The Hall–Kier alpha value is -3.35. The number of likely N-dealkylation sites (tertiary alicyclic amines) is 1. The Kier molecular flexibility index (Phi) is 6.26. The van der Waals surface area contributed by atoms with Crippen LogP contribution < -0.4 is 15.4 Å². The molecule has 2 N–H and O–H groups in total. The predicted molar refractivity (Wildman–Crippen MR) is 105 cm³/mol. The number of amides is 3. The van der Waals surface area contributed by atoms with Gasteiger partial charge in [0.25, 0.3) is 5.91 Å². The van der Waals surface area contributed by atoms with Crippen molar-refractivity contribution in [1.82, 2.24) is 10.2 Å². The molecule has 0 saturated carbocycles. The number of hydrogen-bond donors (Lipinski definition) is 2. The van der Waals surface area contributed by atoms with Crippen LogP contribution in [0.3, 0.4) is 0 Å². The fourth-order valence-electron chi connectivity index (χ4n) is 3.05. The van der Waals surface area contributed by atoms with Crippen molar-refractivity contribution in [2.45, 2.75) is 19.4 Å². The Balaban J connectivity index is 1.60. The zero-order chi connectivity index (χ0) is 19.9. The molecule has 0 aliphatic carbocycles. The van der Waals surface area contributed by atoms with Gasteiger partial charge in [-0.1, -0.05) is 24.3 Å². The van der Waals surface area contributed by atoms with Gasteiger partial charge in [-0.05, 0) is 42.7 Å². The Labute approximate surface area is 163 Å². The molecule has 2 aromatic rings. The monoisotopic (exact) mass is 381 g/mol. The minimum Gasteiger partial charge on any atom is -0.497 e. The lowest BCUT2D eigenvalue weighted by atomic mass is 10.1. The average molecular weight is 381 g/mol. The number of ether oxygens (including phenoxy) is 1. The van der Waals surface area contributed by atoms with Crippen LogP contribution in [0.5, 0.6) is 5.75 Å². The second-order valence-electron chi connectivity index (χ2n) is 6.53. The van der Waals surface area contributed by atoms with Crippen molar-refractivity contribution >= 4 is 23.4 Å². The topological polar surface area (TPSA) is 87.7 Å². The van der Waals surface area contributed by atoms with Crippen molar-refractivity contribution in [2.24, 2.45) is 0 Å². The first-order chi connectivity index (χ1) is 13.6. The highest BCUT2D eigenvalue weighted by atomic mass is 16.5. The van der Waals surface area contributed by atoms with Crippen LogP contribution in [-0.4, -0.2) is 42.8 Å². The maximum absolute atomic E-state index is 12.6. The van der Waals surface area contributed by atoms with E-state index >= 15 is 0 Å². The molecule has 0 radical (unpaired) electrons. The molecule has 0 bridgehead atoms. The highest BCUT2D eigenvalue weighted by molar-refractivity contribution is 6.40. The molecule has 0 unspecified atom stereocenters. The lowest BCUT2D eigenvalue weighted by Crippen LogP contribution is -2.36. The number of nitrogens with zero attached hydrogens (tertiary/aromatic N) is 1. The van der Waals surface area contributed by atoms with Gasteiger partial charge < -0.3 is 20.3 Å². The molecule has 0 spiro atoms. The Bertz CT molecular complexity index is 858. The zero-order valence-electron chi connectivity index (χ0n) is 15.7. The zero-order valence-corrected chi connectivity index (χ0v) is 15.7. The molecule has 7 nitrogen and oxygen atoms in total. The first kappa shape index (κ1) is 19.4. The van der Waals surface area contributed by atoms with Crippen molar-refractivity contribution in [3.05, 3.63) is 59.7 Å². The van der Waals surface area contributed by atoms with Crippen LogP contribution >= 0.6 is 0 Å². The Morgan fingerprint density at radius 2 is 1.64 bits per heavy atom. The van der Waals surface area contributed by atoms with E-state index in [0.717, 1.165) is 18.4 Å². The molecular formula is C21H23N3O4. The number of carbonyl (C=O) groups is 3. The fraction of sp³-hybridized carbons (Fsp3) is 0.286. The number of benzene rings is 2. The van der Waals surface area contributed by atoms with Crippen molar-refractivity contribution in [1.29, 1.82) is 0 Å². The lowest BCUT2D eigenvalue weighted by molar-refractivity contribution is -0.136. The van der Waals surface area contributed by atoms with Gasteiger partial charge in [-0.25, -0.2) is 0 Å². The summed E-state index contributed by atoms with van der Waals surface area (Å²) in [6.07, 6.45) is 1.96. The van der Waals surface area contributed by atoms with Gasteiger partial charge in [0.15, 0.2) is 0 Å². The van der Waals surface area contributed by atoms with Gasteiger partial charge in [-0.3, -0.25) is 14.4 Å². The summed E-state index contributed by atoms with van der Waals surface area (Å²) >= 11 is 0. The summed E-state index contributed by atoms with van der Waals surface area (Å²) in [5, 5.41) is 5.12. The highest BCUT2D eigenvalue weighted by Crippen LogP contribution is 2.20. The summed E-state index contributed by atoms with van der Waals surface area (Å²) in [6, 6.07) is 13.9. The van der Waals surface area contributed by atoms with Crippen LogP contribution in [0.1, 0.15) is 28.8 Å². The Morgan fingerprint density at radius 3 is 2.32 bits per heavy atom. The van der Waals surface area contributed by atoms with Crippen LogP contribution in [0.15, 0.2) is 48.5 Å². The summed E-state index contributed by atoms with van der Waals surface area (Å²) in [5.41, 5.74) is 1.57. The summed E-state index contributed by atoms with van der Waals surface area (Å²) in [5.74, 6) is -0.992. The lowest BCUT2D eigenvalue weighted by Gasteiger charge is -2.17. The number of anilines is 1. The number of rotatable bonds is 5. The smallest absolute Gasteiger partial charge is 0.313 e. The molecule has 0 aromatic heterocycles. The van der Waals surface area contributed by atoms with E-state index in [0.29, 0.717) is 30.1 Å². The molecule has 1 heterocycles. The first-order valence-corrected chi connectivity index (χ1v) is 9.19. The summed E-state index contributed by atoms with van der Waals surface area (Å²) in [7, 11) is 1.58. The van der Waals surface area contributed by atoms with Crippen LogP contribution in [0.4, 0.5) is 5.69 Å². The summed E-state index contributed by atoms with van der Waals surface area (Å²) in [4.78, 5) is 38.8. The second-order valence-corrected chi connectivity index (χ2v) is 6.53. The first-order valence-electron chi connectivity index (χ1n) is 9.19. The van der Waals surface area contributed by atoms with Crippen molar-refractivity contribution < 1.29 is 19.1 Å². The van der Waals surface area contributed by atoms with E-state index in [4.69, 9.17) is 4.74 Å². The molecule has 1 saturated heterocycles. The van der Waals surface area contributed by atoms with Gasteiger partial charge >= 0.3 is 11.8 Å². The van der Waals surface area contributed by atoms with Crippen molar-refractivity contribution in [3.63, 3.8) is 0 Å². The molecule has 0 atom stereocenters. The minimum atomic E-state index is -0.810. The van der Waals surface area contributed by atoms with Crippen LogP contribution in [-0.2, 0) is 16.1 Å². The van der Waals surface area contributed by atoms with E-state index in [-0.39, 0.29) is 12.5 Å². The number of para-hydroxylation sites is 1. The molecule has 7 heteroatoms. The maximum Gasteiger partial charge on any atom is 0.313 e. The molecule has 3 amide bonds. The maximum atomic E-state index is 12.6. The van der Waals surface area contributed by atoms with E-state index in [2.05, 4.69) is 10.6 Å². The third-order valence-corrected chi connectivity index (χ3v) is 4.62. The van der Waals surface area contributed by atoms with Gasteiger partial charge in [-0.15, -0.1) is 0 Å². The van der Waals surface area contributed by atoms with Gasteiger partial charge in [0.2, 0.25) is 0 Å². The number of carbonyl (C=O) groups excluding carboxylic acids is 3. The molecule has 1 aliphatic heterocycles. The van der Waals surface area contributed by atoms with Crippen LogP contribution in [0.25, 0.3) is 0 Å². The highest BCUT2D eigenvalue weighted by Gasteiger charge is 2.23. The van der Waals surface area contributed by atoms with Crippen LogP contribution in [0, 0.1) is 0 Å². The van der Waals surface area contributed by atoms with Crippen LogP contribution in [0.2, 0.25) is 0 Å². The SMILES string of the molecule is COc1ccc(CNC(=O)C(=O)Nc2ccccc2C(=O)N2CCCC2)cc1. The normalized spacial score (nSPS) is 13.1. The van der Waals surface area contributed by atoms with Gasteiger partial charge in [-0.2, -0.15) is 0 Å². The third kappa shape index (κ3) is 4.68. The number of nitrogens with one attached hydrogen (secondary N) is 2. The quantitative estimate of drug-likeness (QED) is 0.777. The largest absolute Gasteiger partial charge is 0.497 e. The van der Waals surface area contributed by atoms with Gasteiger partial charge in [0, 0.05) is 19.6 Å². The third-order valence-electron chi connectivity index (χ3n) is 4.62. The predicted octanol–water partition coefficient (Wildman–Crippen LogP) is 2.19. The van der Waals surface area contributed by atoms with E-state index in [1.807, 2.05) is 0 Å². The molecule has 1 fully saturated rings. The van der Waals surface area contributed by atoms with E-state index < -0.39 is 11.8 Å². The molecule has 28 heavy (non-hydrogen) atoms. The van der Waals surface area contributed by atoms with Gasteiger partial charge in [0.1, 0.15) is 5.75 Å². The number of hydrogen-bond acceptors (Lipinski definition) is 4. The number of methoxy groups -OCH3 is 1. The molecular weight excluding hydrogens is 358 g/mol. The van der Waals surface area contributed by atoms with E-state index in [1.54, 1.807) is 60.5 Å². The average Bonchev–Trinajstić information content (AvgIpc) is 3.27. The molecule has 3 rings (SSSR count). The molecule has 146 valence electrons. The van der Waals surface area contributed by atoms with Gasteiger partial charge in [0.05, 0.1) is 18.4 Å². The second kappa shape index (κ2) is 9.03. The van der Waals surface area contributed by atoms with E-state index in [9.17, 15) is 14.4 Å². The molecule has 1 aliphatic rings. The standard InChI is InChI=1S/C21H23N3O4/c1-28-16-10-8-15(9-11-16)14-22-19(25)20(26)23-18-7-3-2-6-17(18)21(27)24-12-4-5-13-24/h2-3,6-11H,4-5,12-14H2,1H3,(H,22,25)(H,23,26). The molecule has 2 aromatic carbocycles. The Morgan fingerprint density at radius 1 is 0.964 bits per heavy atom. The summed E-state index contributed by atoms with van der Waals surface area (Å²) in [6.45, 7) is 1.64.